The third-order valence-corrected chi connectivity index (χ3v) is 6.83. The molecule has 0 atom stereocenters. The predicted octanol–water partition coefficient (Wildman–Crippen LogP) is 5.27. The van der Waals surface area contributed by atoms with Crippen LogP contribution in [0.15, 0.2) is 79.0 Å². The zero-order valence-electron chi connectivity index (χ0n) is 20.0. The van der Waals surface area contributed by atoms with Gasteiger partial charge in [0.05, 0.1) is 18.7 Å². The summed E-state index contributed by atoms with van der Waals surface area (Å²) in [6.07, 6.45) is 4.86. The summed E-state index contributed by atoms with van der Waals surface area (Å²) in [5.41, 5.74) is 7.30. The smallest absolute Gasteiger partial charge is 0.303 e. The lowest BCUT2D eigenvalue weighted by Gasteiger charge is -2.26. The topological polar surface area (TPSA) is 54.7 Å². The molecule has 5 nitrogen and oxygen atoms in total. The number of carboxylic acid groups (broad SMARTS) is 1. The summed E-state index contributed by atoms with van der Waals surface area (Å²) >= 11 is 0. The lowest BCUT2D eigenvalue weighted by molar-refractivity contribution is -0.136. The molecule has 0 bridgehead atoms. The predicted molar refractivity (Wildman–Crippen MR) is 139 cm³/mol. The quantitative estimate of drug-likeness (QED) is 0.364. The zero-order chi connectivity index (χ0) is 24.0. The highest BCUT2D eigenvalue weighted by atomic mass is 16.5. The molecule has 1 aromatic heterocycles. The van der Waals surface area contributed by atoms with E-state index in [1.54, 1.807) is 0 Å². The second kappa shape index (κ2) is 10.9. The number of aliphatic carboxylic acids is 1. The Morgan fingerprint density at radius 3 is 2.31 bits per heavy atom. The summed E-state index contributed by atoms with van der Waals surface area (Å²) in [7, 11) is 0. The molecular formula is C30H32N2O3. The maximum absolute atomic E-state index is 11.1. The zero-order valence-corrected chi connectivity index (χ0v) is 20.0. The molecule has 0 unspecified atom stereocenters. The van der Waals surface area contributed by atoms with Crippen molar-refractivity contribution < 1.29 is 14.6 Å². The standard InChI is InChI=1S/C30H32N2O3/c33-30(34)15-10-24-9-14-29-28(20-24)26(11-6-23-4-2-1-3-5-23)22-32(29)27-12-7-25(8-13-27)21-31-16-18-35-19-17-31/h1-5,7-9,12-14,20,22H,6,10-11,15-19,21H2,(H,33,34). The Morgan fingerprint density at radius 2 is 1.57 bits per heavy atom. The summed E-state index contributed by atoms with van der Waals surface area (Å²) in [6, 6.07) is 25.8. The average molecular weight is 469 g/mol. The minimum Gasteiger partial charge on any atom is -0.481 e. The second-order valence-corrected chi connectivity index (χ2v) is 9.31. The van der Waals surface area contributed by atoms with Gasteiger partial charge in [0, 0.05) is 43.3 Å². The maximum atomic E-state index is 11.1. The normalized spacial score (nSPS) is 14.4. The van der Waals surface area contributed by atoms with Gasteiger partial charge in [-0.05, 0) is 65.8 Å². The molecule has 0 aliphatic carbocycles. The Balaban J connectivity index is 1.42. The van der Waals surface area contributed by atoms with Gasteiger partial charge in [0.2, 0.25) is 0 Å². The molecule has 0 radical (unpaired) electrons. The van der Waals surface area contributed by atoms with Crippen LogP contribution in [0.3, 0.4) is 0 Å². The fourth-order valence-corrected chi connectivity index (χ4v) is 4.87. The van der Waals surface area contributed by atoms with Gasteiger partial charge in [-0.25, -0.2) is 0 Å². The molecule has 0 amide bonds. The number of aromatic nitrogens is 1. The van der Waals surface area contributed by atoms with Crippen LogP contribution >= 0.6 is 0 Å². The molecule has 1 aliphatic rings. The highest BCUT2D eigenvalue weighted by Crippen LogP contribution is 2.28. The van der Waals surface area contributed by atoms with Gasteiger partial charge in [-0.1, -0.05) is 48.5 Å². The van der Waals surface area contributed by atoms with Crippen molar-refractivity contribution in [2.75, 3.05) is 26.3 Å². The summed E-state index contributed by atoms with van der Waals surface area (Å²) < 4.78 is 7.74. The number of aryl methyl sites for hydroxylation is 3. The molecule has 4 aromatic rings. The molecule has 35 heavy (non-hydrogen) atoms. The first-order valence-corrected chi connectivity index (χ1v) is 12.4. The Labute approximate surface area is 206 Å². The lowest BCUT2D eigenvalue weighted by atomic mass is 10.0. The van der Waals surface area contributed by atoms with E-state index < -0.39 is 5.97 Å². The minimum absolute atomic E-state index is 0.149. The van der Waals surface area contributed by atoms with Crippen LogP contribution in [0, 0.1) is 0 Å². The van der Waals surface area contributed by atoms with Gasteiger partial charge < -0.3 is 14.4 Å². The summed E-state index contributed by atoms with van der Waals surface area (Å²) in [5, 5.41) is 10.3. The summed E-state index contributed by atoms with van der Waals surface area (Å²) in [5.74, 6) is -0.760. The largest absolute Gasteiger partial charge is 0.481 e. The fraction of sp³-hybridized carbons (Fsp3) is 0.300. The van der Waals surface area contributed by atoms with Crippen molar-refractivity contribution in [2.45, 2.75) is 32.2 Å². The number of ether oxygens (including phenoxy) is 1. The van der Waals surface area contributed by atoms with Crippen molar-refractivity contribution >= 4 is 16.9 Å². The molecule has 1 saturated heterocycles. The molecule has 5 heteroatoms. The molecular weight excluding hydrogens is 436 g/mol. The second-order valence-electron chi connectivity index (χ2n) is 9.31. The molecule has 2 heterocycles. The van der Waals surface area contributed by atoms with Crippen molar-refractivity contribution in [2.24, 2.45) is 0 Å². The van der Waals surface area contributed by atoms with Gasteiger partial charge >= 0.3 is 5.97 Å². The van der Waals surface area contributed by atoms with Gasteiger partial charge in [-0.15, -0.1) is 0 Å². The number of rotatable bonds is 9. The molecule has 0 spiro atoms. The van der Waals surface area contributed by atoms with Crippen LogP contribution in [0.1, 0.15) is 28.7 Å². The Morgan fingerprint density at radius 1 is 0.829 bits per heavy atom. The number of fused-ring (bicyclic) bond motifs is 1. The van der Waals surface area contributed by atoms with Crippen molar-refractivity contribution in [1.29, 1.82) is 0 Å². The molecule has 3 aromatic carbocycles. The summed E-state index contributed by atoms with van der Waals surface area (Å²) in [6.45, 7) is 4.55. The van der Waals surface area contributed by atoms with E-state index >= 15 is 0 Å². The number of carboxylic acids is 1. The van der Waals surface area contributed by atoms with Crippen LogP contribution in [-0.4, -0.2) is 46.8 Å². The van der Waals surface area contributed by atoms with Gasteiger partial charge in [-0.3, -0.25) is 9.69 Å². The van der Waals surface area contributed by atoms with E-state index in [1.807, 2.05) is 6.07 Å². The lowest BCUT2D eigenvalue weighted by Crippen LogP contribution is -2.35. The monoisotopic (exact) mass is 468 g/mol. The molecule has 1 N–H and O–H groups in total. The Hall–Kier alpha value is -3.41. The maximum Gasteiger partial charge on any atom is 0.303 e. The first kappa shape index (κ1) is 23.3. The van der Waals surface area contributed by atoms with Crippen LogP contribution in [0.25, 0.3) is 16.6 Å². The SMILES string of the molecule is O=C(O)CCc1ccc2c(c1)c(CCc1ccccc1)cn2-c1ccc(CN2CCOCC2)cc1. The number of carbonyl (C=O) groups is 1. The fourth-order valence-electron chi connectivity index (χ4n) is 4.87. The highest BCUT2D eigenvalue weighted by Gasteiger charge is 2.13. The van der Waals surface area contributed by atoms with E-state index in [0.29, 0.717) is 6.42 Å². The number of morpholine rings is 1. The first-order valence-electron chi connectivity index (χ1n) is 12.4. The van der Waals surface area contributed by atoms with Crippen LogP contribution in [0.4, 0.5) is 0 Å². The molecule has 0 saturated carbocycles. The average Bonchev–Trinajstić information content (AvgIpc) is 3.26. The molecule has 1 fully saturated rings. The first-order chi connectivity index (χ1) is 17.2. The molecule has 180 valence electrons. The van der Waals surface area contributed by atoms with Crippen molar-refractivity contribution in [3.05, 3.63) is 101 Å². The van der Waals surface area contributed by atoms with E-state index in [9.17, 15) is 4.79 Å². The molecule has 1 aliphatic heterocycles. The van der Waals surface area contributed by atoms with Crippen LogP contribution in [-0.2, 0) is 35.3 Å². The Bertz CT molecular complexity index is 1270. The number of hydrogen-bond acceptors (Lipinski definition) is 3. The number of nitrogens with zero attached hydrogens (tertiary/aromatic N) is 2. The van der Waals surface area contributed by atoms with Gasteiger partial charge in [-0.2, -0.15) is 0 Å². The van der Waals surface area contributed by atoms with Crippen molar-refractivity contribution in [3.63, 3.8) is 0 Å². The van der Waals surface area contributed by atoms with E-state index in [4.69, 9.17) is 9.84 Å². The number of benzene rings is 3. The molecule has 5 rings (SSSR count). The van der Waals surface area contributed by atoms with Gasteiger partial charge in [0.25, 0.3) is 0 Å². The van der Waals surface area contributed by atoms with E-state index in [0.717, 1.165) is 62.5 Å². The minimum atomic E-state index is -0.760. The van der Waals surface area contributed by atoms with Crippen LogP contribution in [0.2, 0.25) is 0 Å². The van der Waals surface area contributed by atoms with E-state index in [1.165, 1.54) is 22.1 Å². The Kier molecular flexibility index (Phi) is 7.26. The van der Waals surface area contributed by atoms with Crippen LogP contribution < -0.4 is 0 Å². The third kappa shape index (κ3) is 5.81. The van der Waals surface area contributed by atoms with Crippen molar-refractivity contribution in [3.8, 4) is 5.69 Å². The van der Waals surface area contributed by atoms with E-state index in [-0.39, 0.29) is 6.42 Å². The third-order valence-electron chi connectivity index (χ3n) is 6.83. The van der Waals surface area contributed by atoms with Crippen molar-refractivity contribution in [1.82, 2.24) is 9.47 Å². The van der Waals surface area contributed by atoms with Gasteiger partial charge in [0.1, 0.15) is 0 Å². The van der Waals surface area contributed by atoms with Gasteiger partial charge in [0.15, 0.2) is 0 Å². The van der Waals surface area contributed by atoms with E-state index in [2.05, 4.69) is 82.4 Å². The highest BCUT2D eigenvalue weighted by molar-refractivity contribution is 5.86. The van der Waals surface area contributed by atoms with Crippen LogP contribution in [0.5, 0.6) is 0 Å². The number of hydrogen-bond donors (Lipinski definition) is 1. The summed E-state index contributed by atoms with van der Waals surface area (Å²) in [4.78, 5) is 13.5.